The minimum atomic E-state index is -3.11. The van der Waals surface area contributed by atoms with Crippen molar-refractivity contribution in [3.8, 4) is 0 Å². The van der Waals surface area contributed by atoms with Crippen LogP contribution in [-0.4, -0.2) is 26.9 Å². The molecule has 15 heavy (non-hydrogen) atoms. The Labute approximate surface area is 90.0 Å². The van der Waals surface area contributed by atoms with Crippen LogP contribution in [0.3, 0.4) is 0 Å². The topological polar surface area (TPSA) is 46.7 Å². The smallest absolute Gasteiger partial charge is 0.178 e. The van der Waals surface area contributed by atoms with Gasteiger partial charge in [-0.2, -0.15) is 0 Å². The molecule has 3 nitrogen and oxygen atoms in total. The van der Waals surface area contributed by atoms with Crippen LogP contribution in [-0.2, 0) is 14.6 Å². The third-order valence-electron chi connectivity index (χ3n) is 2.49. The number of hydrogen-bond acceptors (Lipinski definition) is 3. The standard InChI is InChI=1S/C11H14O3S/c1-9-2-4-11(5-3-9)15(12,13)7-6-10-8-14-10/h2-5,10H,6-8H2,1H3. The number of aryl methyl sites for hydroxylation is 1. The maximum absolute atomic E-state index is 11.8. The first-order chi connectivity index (χ1) is 7.08. The summed E-state index contributed by atoms with van der Waals surface area (Å²) in [4.78, 5) is 0.411. The Bertz CT molecular complexity index is 429. The molecule has 0 spiro atoms. The number of ether oxygens (including phenoxy) is 1. The third kappa shape index (κ3) is 2.79. The van der Waals surface area contributed by atoms with Crippen molar-refractivity contribution in [2.75, 3.05) is 12.4 Å². The van der Waals surface area contributed by atoms with Gasteiger partial charge in [0, 0.05) is 0 Å². The highest BCUT2D eigenvalue weighted by Gasteiger charge is 2.25. The Morgan fingerprint density at radius 1 is 1.33 bits per heavy atom. The van der Waals surface area contributed by atoms with Gasteiger partial charge in [-0.25, -0.2) is 8.42 Å². The molecule has 1 atom stereocenters. The van der Waals surface area contributed by atoms with Gasteiger partial charge < -0.3 is 4.74 Å². The first-order valence-corrected chi connectivity index (χ1v) is 6.64. The van der Waals surface area contributed by atoms with E-state index in [4.69, 9.17) is 4.74 Å². The van der Waals surface area contributed by atoms with E-state index in [0.717, 1.165) is 5.56 Å². The first-order valence-electron chi connectivity index (χ1n) is 4.99. The van der Waals surface area contributed by atoms with Gasteiger partial charge in [0.2, 0.25) is 0 Å². The summed E-state index contributed by atoms with van der Waals surface area (Å²) >= 11 is 0. The zero-order valence-electron chi connectivity index (χ0n) is 8.64. The normalized spacial score (nSPS) is 20.2. The summed E-state index contributed by atoms with van der Waals surface area (Å²) in [6.07, 6.45) is 0.779. The monoisotopic (exact) mass is 226 g/mol. The summed E-state index contributed by atoms with van der Waals surface area (Å²) in [6, 6.07) is 6.97. The van der Waals surface area contributed by atoms with Crippen molar-refractivity contribution in [1.82, 2.24) is 0 Å². The molecule has 0 saturated carbocycles. The molecule has 0 radical (unpaired) electrons. The summed E-state index contributed by atoms with van der Waals surface area (Å²) < 4.78 is 28.6. The zero-order valence-corrected chi connectivity index (χ0v) is 9.46. The maximum atomic E-state index is 11.8. The van der Waals surface area contributed by atoms with Crippen LogP contribution in [0.2, 0.25) is 0 Å². The Kier molecular flexibility index (Phi) is 2.80. The lowest BCUT2D eigenvalue weighted by Crippen LogP contribution is -2.08. The molecular weight excluding hydrogens is 212 g/mol. The molecule has 0 amide bonds. The Morgan fingerprint density at radius 2 is 1.93 bits per heavy atom. The molecule has 1 aliphatic heterocycles. The summed E-state index contributed by atoms with van der Waals surface area (Å²) in [7, 11) is -3.11. The molecule has 82 valence electrons. The summed E-state index contributed by atoms with van der Waals surface area (Å²) in [5.74, 6) is 0.181. The summed E-state index contributed by atoms with van der Waals surface area (Å²) in [6.45, 7) is 2.65. The lowest BCUT2D eigenvalue weighted by atomic mass is 10.2. The van der Waals surface area contributed by atoms with Crippen LogP contribution < -0.4 is 0 Å². The highest BCUT2D eigenvalue weighted by atomic mass is 32.2. The molecule has 1 aromatic rings. The fourth-order valence-electron chi connectivity index (χ4n) is 1.38. The van der Waals surface area contributed by atoms with Crippen molar-refractivity contribution in [2.24, 2.45) is 0 Å². The Balaban J connectivity index is 2.09. The second kappa shape index (κ2) is 3.94. The third-order valence-corrected chi connectivity index (χ3v) is 4.25. The van der Waals surface area contributed by atoms with Crippen molar-refractivity contribution in [3.63, 3.8) is 0 Å². The number of hydrogen-bond donors (Lipinski definition) is 0. The molecule has 2 rings (SSSR count). The van der Waals surface area contributed by atoms with E-state index in [1.165, 1.54) is 0 Å². The van der Waals surface area contributed by atoms with E-state index < -0.39 is 9.84 Å². The van der Waals surface area contributed by atoms with Gasteiger partial charge in [-0.15, -0.1) is 0 Å². The number of epoxide rings is 1. The fourth-order valence-corrected chi connectivity index (χ4v) is 2.74. The molecular formula is C11H14O3S. The SMILES string of the molecule is Cc1ccc(S(=O)(=O)CCC2CO2)cc1. The molecule has 0 N–H and O–H groups in total. The van der Waals surface area contributed by atoms with Gasteiger partial charge in [0.1, 0.15) is 0 Å². The number of rotatable bonds is 4. The first kappa shape index (κ1) is 10.6. The second-order valence-electron chi connectivity index (χ2n) is 3.88. The highest BCUT2D eigenvalue weighted by Crippen LogP contribution is 2.18. The van der Waals surface area contributed by atoms with Gasteiger partial charge >= 0.3 is 0 Å². The second-order valence-corrected chi connectivity index (χ2v) is 5.99. The predicted octanol–water partition coefficient (Wildman–Crippen LogP) is 1.56. The van der Waals surface area contributed by atoms with Gasteiger partial charge in [0.25, 0.3) is 0 Å². The van der Waals surface area contributed by atoms with Crippen molar-refractivity contribution in [2.45, 2.75) is 24.3 Å². The lowest BCUT2D eigenvalue weighted by molar-refractivity contribution is 0.403. The van der Waals surface area contributed by atoms with Crippen LogP contribution >= 0.6 is 0 Å². The summed E-state index contributed by atoms with van der Waals surface area (Å²) in [5, 5.41) is 0. The van der Waals surface area contributed by atoms with E-state index in [2.05, 4.69) is 0 Å². The van der Waals surface area contributed by atoms with E-state index in [-0.39, 0.29) is 11.9 Å². The van der Waals surface area contributed by atoms with Crippen LogP contribution in [0, 0.1) is 6.92 Å². The van der Waals surface area contributed by atoms with Crippen molar-refractivity contribution < 1.29 is 13.2 Å². The molecule has 0 aliphatic carbocycles. The average molecular weight is 226 g/mol. The predicted molar refractivity (Wildman–Crippen MR) is 57.6 cm³/mol. The van der Waals surface area contributed by atoms with Crippen LogP contribution in [0.1, 0.15) is 12.0 Å². The van der Waals surface area contributed by atoms with Crippen molar-refractivity contribution in [1.29, 1.82) is 0 Å². The minimum absolute atomic E-state index is 0.172. The molecule has 1 heterocycles. The van der Waals surface area contributed by atoms with E-state index in [9.17, 15) is 8.42 Å². The van der Waals surface area contributed by atoms with Gasteiger partial charge in [-0.3, -0.25) is 0 Å². The van der Waals surface area contributed by atoms with E-state index in [1.807, 2.05) is 19.1 Å². The maximum Gasteiger partial charge on any atom is 0.178 e. The van der Waals surface area contributed by atoms with Crippen molar-refractivity contribution >= 4 is 9.84 Å². The number of sulfone groups is 1. The Hall–Kier alpha value is -0.870. The van der Waals surface area contributed by atoms with E-state index >= 15 is 0 Å². The highest BCUT2D eigenvalue weighted by molar-refractivity contribution is 7.91. The molecule has 1 aromatic carbocycles. The average Bonchev–Trinajstić information content (AvgIpc) is 2.99. The summed E-state index contributed by atoms with van der Waals surface area (Å²) in [5.41, 5.74) is 1.07. The molecule has 0 bridgehead atoms. The quantitative estimate of drug-likeness (QED) is 0.732. The van der Waals surface area contributed by atoms with Gasteiger partial charge in [0.15, 0.2) is 9.84 Å². The zero-order chi connectivity index (χ0) is 10.9. The Morgan fingerprint density at radius 3 is 2.47 bits per heavy atom. The largest absolute Gasteiger partial charge is 0.373 e. The van der Waals surface area contributed by atoms with E-state index in [0.29, 0.717) is 17.9 Å². The molecule has 4 heteroatoms. The fraction of sp³-hybridized carbons (Fsp3) is 0.455. The lowest BCUT2D eigenvalue weighted by Gasteiger charge is -2.03. The number of benzene rings is 1. The van der Waals surface area contributed by atoms with Crippen LogP contribution in [0.25, 0.3) is 0 Å². The van der Waals surface area contributed by atoms with Crippen LogP contribution in [0.15, 0.2) is 29.2 Å². The molecule has 1 fully saturated rings. The van der Waals surface area contributed by atoms with Gasteiger partial charge in [0.05, 0.1) is 23.4 Å². The van der Waals surface area contributed by atoms with Crippen LogP contribution in [0.5, 0.6) is 0 Å². The molecule has 1 unspecified atom stereocenters. The molecule has 0 aromatic heterocycles. The minimum Gasteiger partial charge on any atom is -0.373 e. The van der Waals surface area contributed by atoms with Gasteiger partial charge in [-0.1, -0.05) is 17.7 Å². The van der Waals surface area contributed by atoms with Gasteiger partial charge in [-0.05, 0) is 25.5 Å². The van der Waals surface area contributed by atoms with E-state index in [1.54, 1.807) is 12.1 Å². The molecule has 1 saturated heterocycles. The van der Waals surface area contributed by atoms with Crippen molar-refractivity contribution in [3.05, 3.63) is 29.8 Å². The molecule has 1 aliphatic rings. The van der Waals surface area contributed by atoms with Crippen LogP contribution in [0.4, 0.5) is 0 Å².